The summed E-state index contributed by atoms with van der Waals surface area (Å²) in [5.74, 6) is 0. The van der Waals surface area contributed by atoms with E-state index in [0.29, 0.717) is 5.41 Å². The summed E-state index contributed by atoms with van der Waals surface area (Å²) >= 11 is 0. The summed E-state index contributed by atoms with van der Waals surface area (Å²) < 4.78 is 0. The zero-order valence-corrected chi connectivity index (χ0v) is 5.56. The van der Waals surface area contributed by atoms with Gasteiger partial charge >= 0.3 is 0 Å². The van der Waals surface area contributed by atoms with Crippen molar-refractivity contribution in [2.24, 2.45) is 5.41 Å². The van der Waals surface area contributed by atoms with Crippen molar-refractivity contribution in [1.82, 2.24) is 5.32 Å². The third kappa shape index (κ3) is 0.970. The van der Waals surface area contributed by atoms with Crippen molar-refractivity contribution in [3.8, 4) is 0 Å². The molecular weight excluding hydrogens is 114 g/mol. The predicted octanol–water partition coefficient (Wildman–Crippen LogP) is 0.121. The maximum Gasteiger partial charge on any atom is 0.0670 e. The Morgan fingerprint density at radius 3 is 2.67 bits per heavy atom. The lowest BCUT2D eigenvalue weighted by Gasteiger charge is -2.26. The van der Waals surface area contributed by atoms with Crippen LogP contribution in [-0.2, 0) is 0 Å². The van der Waals surface area contributed by atoms with Gasteiger partial charge in [-0.25, -0.2) is 0 Å². The number of hydrogen-bond donors (Lipinski definition) is 2. The van der Waals surface area contributed by atoms with Gasteiger partial charge in [-0.3, -0.25) is 0 Å². The second kappa shape index (κ2) is 1.70. The lowest BCUT2D eigenvalue weighted by Crippen LogP contribution is -2.40. The molecule has 2 nitrogen and oxygen atoms in total. The van der Waals surface area contributed by atoms with Crippen LogP contribution in [0, 0.1) is 5.41 Å². The predicted molar refractivity (Wildman–Crippen MR) is 35.2 cm³/mol. The molecule has 2 N–H and O–H groups in total. The number of hydrogen-bond acceptors (Lipinski definition) is 2. The zero-order valence-electron chi connectivity index (χ0n) is 5.56. The van der Waals surface area contributed by atoms with Crippen molar-refractivity contribution in [2.75, 3.05) is 13.1 Å². The third-order valence-corrected chi connectivity index (χ3v) is 2.51. The molecular formula is C7H13NO. The van der Waals surface area contributed by atoms with Gasteiger partial charge in [-0.2, -0.15) is 0 Å². The van der Waals surface area contributed by atoms with Gasteiger partial charge in [-0.05, 0) is 24.7 Å². The highest BCUT2D eigenvalue weighted by atomic mass is 16.3. The van der Waals surface area contributed by atoms with E-state index < -0.39 is 0 Å². The van der Waals surface area contributed by atoms with Crippen LogP contribution in [0.25, 0.3) is 0 Å². The van der Waals surface area contributed by atoms with Crippen LogP contribution >= 0.6 is 0 Å². The summed E-state index contributed by atoms with van der Waals surface area (Å²) in [6.45, 7) is 1.95. The highest BCUT2D eigenvalue weighted by Gasteiger charge is 2.45. The molecule has 1 spiro atoms. The van der Waals surface area contributed by atoms with E-state index in [1.54, 1.807) is 0 Å². The smallest absolute Gasteiger partial charge is 0.0670 e. The van der Waals surface area contributed by atoms with Crippen molar-refractivity contribution in [3.05, 3.63) is 0 Å². The summed E-state index contributed by atoms with van der Waals surface area (Å²) in [4.78, 5) is 0. The number of rotatable bonds is 0. The molecule has 2 rings (SSSR count). The third-order valence-electron chi connectivity index (χ3n) is 2.51. The Morgan fingerprint density at radius 1 is 1.44 bits per heavy atom. The molecule has 2 fully saturated rings. The zero-order chi connectivity index (χ0) is 6.32. The molecule has 0 radical (unpaired) electrons. The van der Waals surface area contributed by atoms with Gasteiger partial charge in [-0.1, -0.05) is 0 Å². The van der Waals surface area contributed by atoms with E-state index in [9.17, 15) is 5.11 Å². The topological polar surface area (TPSA) is 32.3 Å². The van der Waals surface area contributed by atoms with Gasteiger partial charge < -0.3 is 10.4 Å². The summed E-state index contributed by atoms with van der Waals surface area (Å²) in [6, 6.07) is 0. The second-order valence-corrected chi connectivity index (χ2v) is 3.49. The Labute approximate surface area is 55.3 Å². The van der Waals surface area contributed by atoms with Crippen molar-refractivity contribution in [1.29, 1.82) is 0 Å². The van der Waals surface area contributed by atoms with Crippen molar-refractivity contribution >= 4 is 0 Å². The lowest BCUT2D eigenvalue weighted by molar-refractivity contribution is 0.106. The first-order chi connectivity index (χ1) is 4.31. The molecule has 9 heavy (non-hydrogen) atoms. The molecule has 2 heteroatoms. The summed E-state index contributed by atoms with van der Waals surface area (Å²) in [5, 5.41) is 12.5. The quantitative estimate of drug-likeness (QED) is 0.484. The summed E-state index contributed by atoms with van der Waals surface area (Å²) in [5.41, 5.74) is 0.539. The maximum atomic E-state index is 9.22. The minimum atomic E-state index is -0.0683. The molecule has 1 aliphatic carbocycles. The van der Waals surface area contributed by atoms with Gasteiger partial charge in [0.2, 0.25) is 0 Å². The fourth-order valence-electron chi connectivity index (χ4n) is 1.71. The first kappa shape index (κ1) is 5.69. The van der Waals surface area contributed by atoms with E-state index in [1.165, 1.54) is 12.8 Å². The molecule has 1 heterocycles. The molecule has 0 unspecified atom stereocenters. The minimum Gasteiger partial charge on any atom is -0.392 e. The maximum absolute atomic E-state index is 9.22. The van der Waals surface area contributed by atoms with Gasteiger partial charge in [0, 0.05) is 13.1 Å². The molecule has 0 aromatic heterocycles. The number of β-amino-alcohol motifs (C(OH)–C–C–N with tert-alkyl or cyclic N) is 1. The van der Waals surface area contributed by atoms with Gasteiger partial charge in [0.1, 0.15) is 0 Å². The molecule has 52 valence electrons. The van der Waals surface area contributed by atoms with Gasteiger partial charge in [0.15, 0.2) is 0 Å². The molecule has 1 aliphatic heterocycles. The molecule has 1 saturated carbocycles. The number of aliphatic hydroxyl groups is 1. The SMILES string of the molecule is O[C@@H]1CNCC2(CC2)C1. The number of aliphatic hydroxyl groups excluding tert-OH is 1. The number of piperidine rings is 1. The fraction of sp³-hybridized carbons (Fsp3) is 1.00. The first-order valence-corrected chi connectivity index (χ1v) is 3.70. The van der Waals surface area contributed by atoms with Gasteiger partial charge in [-0.15, -0.1) is 0 Å². The highest BCUT2D eigenvalue weighted by molar-refractivity contribution is 4.99. The Kier molecular flexibility index (Phi) is 1.08. The van der Waals surface area contributed by atoms with Crippen molar-refractivity contribution in [2.45, 2.75) is 25.4 Å². The Morgan fingerprint density at radius 2 is 2.22 bits per heavy atom. The Bertz CT molecular complexity index is 120. The van der Waals surface area contributed by atoms with Crippen LogP contribution in [0.3, 0.4) is 0 Å². The molecule has 0 aromatic rings. The molecule has 0 amide bonds. The van der Waals surface area contributed by atoms with E-state index in [2.05, 4.69) is 5.32 Å². The molecule has 0 bridgehead atoms. The fourth-order valence-corrected chi connectivity index (χ4v) is 1.71. The Balaban J connectivity index is 1.96. The Hall–Kier alpha value is -0.0800. The molecule has 1 atom stereocenters. The summed E-state index contributed by atoms with van der Waals surface area (Å²) in [7, 11) is 0. The lowest BCUT2D eigenvalue weighted by atomic mass is 9.95. The normalized spacial score (nSPS) is 39.0. The van der Waals surface area contributed by atoms with E-state index in [1.807, 2.05) is 0 Å². The first-order valence-electron chi connectivity index (χ1n) is 3.70. The van der Waals surface area contributed by atoms with Crippen LogP contribution in [0.2, 0.25) is 0 Å². The van der Waals surface area contributed by atoms with Gasteiger partial charge in [0.25, 0.3) is 0 Å². The van der Waals surface area contributed by atoms with Crippen LogP contribution in [-0.4, -0.2) is 24.3 Å². The van der Waals surface area contributed by atoms with Gasteiger partial charge in [0.05, 0.1) is 6.10 Å². The van der Waals surface area contributed by atoms with Crippen molar-refractivity contribution < 1.29 is 5.11 Å². The highest BCUT2D eigenvalue weighted by Crippen LogP contribution is 2.50. The monoisotopic (exact) mass is 127 g/mol. The van der Waals surface area contributed by atoms with Crippen LogP contribution in [0.5, 0.6) is 0 Å². The minimum absolute atomic E-state index is 0.0683. The van der Waals surface area contributed by atoms with Crippen LogP contribution in [0.15, 0.2) is 0 Å². The van der Waals surface area contributed by atoms with Crippen molar-refractivity contribution in [3.63, 3.8) is 0 Å². The number of nitrogens with one attached hydrogen (secondary N) is 1. The summed E-state index contributed by atoms with van der Waals surface area (Å²) in [6.07, 6.45) is 3.63. The average Bonchev–Trinajstić information content (AvgIpc) is 2.49. The molecule has 2 aliphatic rings. The molecule has 0 aromatic carbocycles. The standard InChI is InChI=1S/C7H13NO/c9-6-3-7(1-2-7)5-8-4-6/h6,8-9H,1-5H2/t6-/m0/s1. The van der Waals surface area contributed by atoms with E-state index in [-0.39, 0.29) is 6.10 Å². The van der Waals surface area contributed by atoms with Crippen LogP contribution in [0.1, 0.15) is 19.3 Å². The van der Waals surface area contributed by atoms with E-state index in [4.69, 9.17) is 0 Å². The largest absolute Gasteiger partial charge is 0.392 e. The van der Waals surface area contributed by atoms with E-state index >= 15 is 0 Å². The van der Waals surface area contributed by atoms with E-state index in [0.717, 1.165) is 19.5 Å². The molecule has 1 saturated heterocycles. The van der Waals surface area contributed by atoms with Crippen LogP contribution in [0.4, 0.5) is 0 Å². The second-order valence-electron chi connectivity index (χ2n) is 3.49. The average molecular weight is 127 g/mol. The van der Waals surface area contributed by atoms with Crippen LogP contribution < -0.4 is 5.32 Å².